The van der Waals surface area contributed by atoms with Crippen LogP contribution in [0.5, 0.6) is 0 Å². The molecule has 54 heavy (non-hydrogen) atoms. The van der Waals surface area contributed by atoms with Crippen molar-refractivity contribution in [3.8, 4) is 0 Å². The van der Waals surface area contributed by atoms with E-state index < -0.39 is 17.5 Å². The summed E-state index contributed by atoms with van der Waals surface area (Å²) in [5, 5.41) is 4.39. The number of halogens is 3. The molecule has 2 aliphatic carbocycles. The molecule has 2 saturated heterocycles. The summed E-state index contributed by atoms with van der Waals surface area (Å²) >= 11 is 0. The summed E-state index contributed by atoms with van der Waals surface area (Å²) in [4.78, 5) is 44.7. The molecule has 9 nitrogen and oxygen atoms in total. The predicted molar refractivity (Wildman–Crippen MR) is 195 cm³/mol. The number of nitrogens with zero attached hydrogens (tertiary/aromatic N) is 4. The van der Waals surface area contributed by atoms with E-state index in [0.717, 1.165) is 12.0 Å². The van der Waals surface area contributed by atoms with Gasteiger partial charge in [0.15, 0.2) is 0 Å². The second-order valence-electron chi connectivity index (χ2n) is 17.8. The average Bonchev–Trinajstić information content (AvgIpc) is 3.37. The molecular formula is C42H51F3N4O5. The quantitative estimate of drug-likeness (QED) is 0.200. The van der Waals surface area contributed by atoms with Crippen molar-refractivity contribution < 1.29 is 37.0 Å². The van der Waals surface area contributed by atoms with E-state index in [-0.39, 0.29) is 85.1 Å². The lowest BCUT2D eigenvalue weighted by Crippen LogP contribution is -2.63. The fourth-order valence-electron chi connectivity index (χ4n) is 8.60. The first-order valence-electron chi connectivity index (χ1n) is 19.1. The lowest BCUT2D eigenvalue weighted by atomic mass is 9.71. The largest absolute Gasteiger partial charge is 0.456 e. The van der Waals surface area contributed by atoms with E-state index in [1.165, 1.54) is 12.1 Å². The Balaban J connectivity index is 1.07. The highest BCUT2D eigenvalue weighted by atomic mass is 19.3. The summed E-state index contributed by atoms with van der Waals surface area (Å²) in [6, 6.07) is 11.7. The van der Waals surface area contributed by atoms with Crippen molar-refractivity contribution in [3.05, 3.63) is 88.5 Å². The third kappa shape index (κ3) is 8.09. The Kier molecular flexibility index (Phi) is 9.98. The number of amides is 2. The van der Waals surface area contributed by atoms with Crippen molar-refractivity contribution in [3.63, 3.8) is 0 Å². The molecule has 290 valence electrons. The van der Waals surface area contributed by atoms with Crippen molar-refractivity contribution in [1.82, 2.24) is 19.6 Å². The SMILES string of the molecule is CC(C)(C)OC(=O)c1c(COCC2CN(C(=O)c3cnn(Cc4ccc(F)cc4)c3)CC23CN(C(=O)C2CC2(C)C)C3)cccc1C1CCC(F)(F)CC1. The van der Waals surface area contributed by atoms with Gasteiger partial charge in [0.1, 0.15) is 11.4 Å². The summed E-state index contributed by atoms with van der Waals surface area (Å²) in [6.45, 7) is 12.3. The van der Waals surface area contributed by atoms with Gasteiger partial charge in [-0.15, -0.1) is 0 Å². The number of likely N-dealkylation sites (tertiary alicyclic amines) is 2. The van der Waals surface area contributed by atoms with Crippen LogP contribution in [0.2, 0.25) is 0 Å². The first-order valence-corrected chi connectivity index (χ1v) is 19.1. The number of hydrogen-bond acceptors (Lipinski definition) is 6. The highest BCUT2D eigenvalue weighted by molar-refractivity contribution is 5.94. The fourth-order valence-corrected chi connectivity index (χ4v) is 8.60. The predicted octanol–water partition coefficient (Wildman–Crippen LogP) is 7.48. The number of carbonyl (C=O) groups excluding carboxylic acids is 3. The zero-order valence-corrected chi connectivity index (χ0v) is 31.9. The summed E-state index contributed by atoms with van der Waals surface area (Å²) in [7, 11) is 0. The molecule has 2 aromatic carbocycles. The molecule has 3 heterocycles. The first kappa shape index (κ1) is 38.1. The van der Waals surface area contributed by atoms with Crippen molar-refractivity contribution in [2.75, 3.05) is 32.8 Å². The minimum atomic E-state index is -2.70. The molecule has 12 heteroatoms. The topological polar surface area (TPSA) is 94.0 Å². The minimum absolute atomic E-state index is 0.00692. The Morgan fingerprint density at radius 3 is 2.28 bits per heavy atom. The molecule has 1 spiro atoms. The number of alkyl halides is 2. The zero-order valence-electron chi connectivity index (χ0n) is 31.9. The second-order valence-corrected chi connectivity index (χ2v) is 17.8. The van der Waals surface area contributed by atoms with Gasteiger partial charge >= 0.3 is 5.97 Å². The third-order valence-electron chi connectivity index (χ3n) is 11.9. The van der Waals surface area contributed by atoms with Gasteiger partial charge in [-0.3, -0.25) is 14.3 Å². The maximum atomic E-state index is 14.1. The number of esters is 1. The number of hydrogen-bond donors (Lipinski definition) is 0. The lowest BCUT2D eigenvalue weighted by Gasteiger charge is -2.51. The van der Waals surface area contributed by atoms with E-state index in [0.29, 0.717) is 55.0 Å². The van der Waals surface area contributed by atoms with Crippen LogP contribution in [0.15, 0.2) is 54.9 Å². The molecule has 2 amide bonds. The third-order valence-corrected chi connectivity index (χ3v) is 11.9. The van der Waals surface area contributed by atoms with Gasteiger partial charge in [0, 0.05) is 62.5 Å². The molecule has 2 saturated carbocycles. The number of benzene rings is 2. The first-order chi connectivity index (χ1) is 25.4. The van der Waals surface area contributed by atoms with Crippen LogP contribution in [0.25, 0.3) is 0 Å². The fraction of sp³-hybridized carbons (Fsp3) is 0.571. The molecule has 4 fully saturated rings. The van der Waals surface area contributed by atoms with Crippen LogP contribution in [0.1, 0.15) is 110 Å². The number of carbonyl (C=O) groups is 3. The Morgan fingerprint density at radius 2 is 1.63 bits per heavy atom. The van der Waals surface area contributed by atoms with Crippen molar-refractivity contribution >= 4 is 17.8 Å². The van der Waals surface area contributed by atoms with Crippen molar-refractivity contribution in [2.24, 2.45) is 22.7 Å². The van der Waals surface area contributed by atoms with Gasteiger partial charge in [-0.2, -0.15) is 5.10 Å². The Bertz CT molecular complexity index is 1890. The summed E-state index contributed by atoms with van der Waals surface area (Å²) in [5.74, 6) is -3.77. The number of rotatable bonds is 10. The molecule has 0 radical (unpaired) electrons. The molecule has 3 aromatic rings. The minimum Gasteiger partial charge on any atom is -0.456 e. The second kappa shape index (κ2) is 14.1. The molecule has 2 aliphatic heterocycles. The van der Waals surface area contributed by atoms with Crippen LogP contribution >= 0.6 is 0 Å². The molecule has 7 rings (SSSR count). The van der Waals surface area contributed by atoms with Crippen LogP contribution in [0.3, 0.4) is 0 Å². The van der Waals surface area contributed by atoms with Crippen LogP contribution in [-0.4, -0.2) is 81.7 Å². The van der Waals surface area contributed by atoms with E-state index >= 15 is 0 Å². The van der Waals surface area contributed by atoms with Crippen LogP contribution in [-0.2, 0) is 27.4 Å². The van der Waals surface area contributed by atoms with E-state index in [2.05, 4.69) is 18.9 Å². The molecule has 0 bridgehead atoms. The van der Waals surface area contributed by atoms with Gasteiger partial charge in [-0.25, -0.2) is 18.0 Å². The summed E-state index contributed by atoms with van der Waals surface area (Å²) < 4.78 is 55.5. The van der Waals surface area contributed by atoms with E-state index in [9.17, 15) is 27.6 Å². The monoisotopic (exact) mass is 748 g/mol. The molecule has 1 aromatic heterocycles. The number of ether oxygens (including phenoxy) is 2. The van der Waals surface area contributed by atoms with E-state index in [1.807, 2.05) is 28.0 Å². The Hall–Kier alpha value is -4.19. The van der Waals surface area contributed by atoms with Crippen LogP contribution in [0, 0.1) is 28.5 Å². The lowest BCUT2D eigenvalue weighted by molar-refractivity contribution is -0.148. The highest BCUT2D eigenvalue weighted by Gasteiger charge is 2.60. The Morgan fingerprint density at radius 1 is 0.963 bits per heavy atom. The highest BCUT2D eigenvalue weighted by Crippen LogP contribution is 2.55. The van der Waals surface area contributed by atoms with Gasteiger partial charge in [-0.05, 0) is 80.2 Å². The van der Waals surface area contributed by atoms with E-state index in [1.54, 1.807) is 50.0 Å². The van der Waals surface area contributed by atoms with Crippen LogP contribution in [0.4, 0.5) is 13.2 Å². The van der Waals surface area contributed by atoms with Gasteiger partial charge in [-0.1, -0.05) is 44.2 Å². The Labute approximate surface area is 315 Å². The molecule has 2 unspecified atom stereocenters. The molecule has 0 N–H and O–H groups in total. The van der Waals surface area contributed by atoms with Crippen molar-refractivity contribution in [1.29, 1.82) is 0 Å². The maximum Gasteiger partial charge on any atom is 0.339 e. The van der Waals surface area contributed by atoms with E-state index in [4.69, 9.17) is 9.47 Å². The van der Waals surface area contributed by atoms with Gasteiger partial charge in [0.2, 0.25) is 11.8 Å². The molecular weight excluding hydrogens is 697 g/mol. The van der Waals surface area contributed by atoms with Gasteiger partial charge < -0.3 is 19.3 Å². The van der Waals surface area contributed by atoms with Gasteiger partial charge in [0.25, 0.3) is 5.91 Å². The molecule has 2 atom stereocenters. The smallest absolute Gasteiger partial charge is 0.339 e. The van der Waals surface area contributed by atoms with Gasteiger partial charge in [0.05, 0.1) is 37.1 Å². The summed E-state index contributed by atoms with van der Waals surface area (Å²) in [5.41, 5.74) is 1.93. The normalized spacial score (nSPS) is 23.0. The standard InChI is InChI=1S/C42H51F3N4O5/c1-39(2,3)54-38(52)35-29(7-6-8-33(35)28-13-15-42(44,45)16-14-28)22-53-23-31-21-47(24-41(31)25-48(26-41)37(51)34-17-40(34,4)5)36(50)30-18-46-49(20-30)19-27-9-11-32(43)12-10-27/h6-12,18,20,28,31,34H,13-17,19,21-26H2,1-5H3. The molecule has 4 aliphatic rings. The zero-order chi connectivity index (χ0) is 38.6. The number of aromatic nitrogens is 2. The van der Waals surface area contributed by atoms with Crippen LogP contribution < -0.4 is 0 Å². The van der Waals surface area contributed by atoms with Crippen molar-refractivity contribution in [2.45, 2.75) is 97.3 Å². The maximum absolute atomic E-state index is 14.1. The average molecular weight is 749 g/mol. The summed E-state index contributed by atoms with van der Waals surface area (Å²) in [6.07, 6.45) is 4.23.